The van der Waals surface area contributed by atoms with E-state index in [9.17, 15) is 4.39 Å². The molecule has 0 aliphatic carbocycles. The number of allylic oxidation sites excluding steroid dienone is 1. The second-order valence-electron chi connectivity index (χ2n) is 6.26. The molecule has 0 fully saturated rings. The van der Waals surface area contributed by atoms with Gasteiger partial charge in [-0.2, -0.15) is 0 Å². The fourth-order valence-corrected chi connectivity index (χ4v) is 3.16. The Hall–Kier alpha value is -0.670. The second-order valence-corrected chi connectivity index (χ2v) is 6.26. The molecule has 19 heavy (non-hydrogen) atoms. The third kappa shape index (κ3) is 3.90. The van der Waals surface area contributed by atoms with Crippen LogP contribution < -0.4 is 0 Å². The molecule has 3 heteroatoms. The van der Waals surface area contributed by atoms with Crippen LogP contribution in [0.25, 0.3) is 0 Å². The normalized spacial score (nSPS) is 31.1. The van der Waals surface area contributed by atoms with E-state index in [1.54, 1.807) is 0 Å². The highest BCUT2D eigenvalue weighted by Crippen LogP contribution is 2.31. The zero-order valence-corrected chi connectivity index (χ0v) is 12.5. The summed E-state index contributed by atoms with van der Waals surface area (Å²) >= 11 is 0. The van der Waals surface area contributed by atoms with Gasteiger partial charge >= 0.3 is 0 Å². The molecule has 0 aromatic rings. The molecule has 0 spiro atoms. The van der Waals surface area contributed by atoms with Gasteiger partial charge in [0.2, 0.25) is 0 Å². The van der Waals surface area contributed by atoms with Crippen LogP contribution in [0.3, 0.4) is 0 Å². The Balaban J connectivity index is 2.11. The molecule has 0 bridgehead atoms. The molecule has 0 amide bonds. The van der Waals surface area contributed by atoms with Gasteiger partial charge in [-0.25, -0.2) is 4.39 Å². The van der Waals surface area contributed by atoms with Gasteiger partial charge in [-0.05, 0) is 39.7 Å². The van der Waals surface area contributed by atoms with Gasteiger partial charge in [0.15, 0.2) is 0 Å². The summed E-state index contributed by atoms with van der Waals surface area (Å²) < 4.78 is 14.4. The molecule has 2 aliphatic rings. The van der Waals surface area contributed by atoms with Gasteiger partial charge in [0.05, 0.1) is 0 Å². The smallest absolute Gasteiger partial charge is 0.101 e. The van der Waals surface area contributed by atoms with E-state index in [1.807, 2.05) is 6.08 Å². The molecule has 0 aromatic carbocycles. The van der Waals surface area contributed by atoms with Gasteiger partial charge in [-0.15, -0.1) is 0 Å². The average Bonchev–Trinajstić information content (AvgIpc) is 2.67. The average molecular weight is 266 g/mol. The van der Waals surface area contributed by atoms with Crippen molar-refractivity contribution in [3.05, 3.63) is 24.1 Å². The number of hydrogen-bond acceptors (Lipinski definition) is 2. The molecule has 2 nitrogen and oxygen atoms in total. The Labute approximate surface area is 117 Å². The van der Waals surface area contributed by atoms with Crippen molar-refractivity contribution in [2.45, 2.75) is 32.7 Å². The Morgan fingerprint density at radius 3 is 2.79 bits per heavy atom. The molecular weight excluding hydrogens is 239 g/mol. The van der Waals surface area contributed by atoms with Gasteiger partial charge < -0.3 is 4.90 Å². The third-order valence-electron chi connectivity index (χ3n) is 4.41. The molecule has 0 aromatic heterocycles. The summed E-state index contributed by atoms with van der Waals surface area (Å²) in [5, 5.41) is 0. The van der Waals surface area contributed by atoms with Gasteiger partial charge in [-0.1, -0.05) is 18.2 Å². The zero-order valence-electron chi connectivity index (χ0n) is 12.5. The minimum absolute atomic E-state index is 0.0649. The van der Waals surface area contributed by atoms with E-state index in [4.69, 9.17) is 0 Å². The molecular formula is C16H27FN2. The van der Waals surface area contributed by atoms with Crippen molar-refractivity contribution in [1.82, 2.24) is 9.80 Å². The van der Waals surface area contributed by atoms with Gasteiger partial charge in [0.25, 0.3) is 0 Å². The van der Waals surface area contributed by atoms with E-state index >= 15 is 0 Å². The lowest BCUT2D eigenvalue weighted by molar-refractivity contribution is 0.155. The van der Waals surface area contributed by atoms with E-state index in [0.717, 1.165) is 39.0 Å². The van der Waals surface area contributed by atoms with Gasteiger partial charge in [0, 0.05) is 38.1 Å². The molecule has 0 saturated carbocycles. The lowest BCUT2D eigenvalue weighted by atomic mass is 9.87. The molecule has 2 atom stereocenters. The van der Waals surface area contributed by atoms with E-state index in [-0.39, 0.29) is 11.7 Å². The third-order valence-corrected chi connectivity index (χ3v) is 4.41. The number of halogens is 1. The number of nitrogens with zero attached hydrogens (tertiary/aromatic N) is 2. The lowest BCUT2D eigenvalue weighted by Gasteiger charge is -2.32. The first-order valence-electron chi connectivity index (χ1n) is 7.51. The van der Waals surface area contributed by atoms with Crippen molar-refractivity contribution in [1.29, 1.82) is 0 Å². The zero-order chi connectivity index (χ0) is 13.8. The van der Waals surface area contributed by atoms with Crippen molar-refractivity contribution in [3.63, 3.8) is 0 Å². The van der Waals surface area contributed by atoms with Crippen LogP contribution in [0.15, 0.2) is 24.1 Å². The molecule has 2 unspecified atom stereocenters. The quantitative estimate of drug-likeness (QED) is 0.709. The second kappa shape index (κ2) is 6.67. The molecule has 0 radical (unpaired) electrons. The minimum atomic E-state index is 0.0649. The first-order chi connectivity index (χ1) is 9.08. The van der Waals surface area contributed by atoms with Crippen LogP contribution in [-0.2, 0) is 0 Å². The topological polar surface area (TPSA) is 6.48 Å². The molecule has 0 N–H and O–H groups in total. The van der Waals surface area contributed by atoms with Gasteiger partial charge in [-0.3, -0.25) is 4.90 Å². The molecule has 2 aliphatic heterocycles. The Kier molecular flexibility index (Phi) is 5.17. The van der Waals surface area contributed by atoms with E-state index in [1.165, 1.54) is 0 Å². The monoisotopic (exact) mass is 266 g/mol. The highest BCUT2D eigenvalue weighted by atomic mass is 19.1. The van der Waals surface area contributed by atoms with Crippen molar-refractivity contribution in [3.8, 4) is 0 Å². The fraction of sp³-hybridized carbons (Fsp3) is 0.750. The van der Waals surface area contributed by atoms with Crippen LogP contribution in [0.4, 0.5) is 4.39 Å². The van der Waals surface area contributed by atoms with Crippen molar-refractivity contribution >= 4 is 0 Å². The minimum Gasteiger partial charge on any atom is -0.302 e. The van der Waals surface area contributed by atoms with E-state index in [2.05, 4.69) is 42.8 Å². The standard InChI is InChI=1S/C16H27FN2/c1-13(2)19-10-6-8-16(17)15(12-19)14-7-4-5-9-18(3)11-14/h4-5,8,13-15H,6-7,9-12H2,1-3H3. The van der Waals surface area contributed by atoms with E-state index in [0.29, 0.717) is 12.0 Å². The van der Waals surface area contributed by atoms with Gasteiger partial charge in [0.1, 0.15) is 5.83 Å². The maximum Gasteiger partial charge on any atom is 0.101 e. The largest absolute Gasteiger partial charge is 0.302 e. The Morgan fingerprint density at radius 1 is 1.26 bits per heavy atom. The van der Waals surface area contributed by atoms with Crippen molar-refractivity contribution < 1.29 is 4.39 Å². The van der Waals surface area contributed by atoms with Crippen LogP contribution in [0, 0.1) is 11.8 Å². The van der Waals surface area contributed by atoms with Crippen molar-refractivity contribution in [2.24, 2.45) is 11.8 Å². The SMILES string of the molecule is CC(C)N1CCC=C(F)C(C2CC=CCN(C)C2)C1. The predicted octanol–water partition coefficient (Wildman–Crippen LogP) is 3.08. The summed E-state index contributed by atoms with van der Waals surface area (Å²) in [7, 11) is 2.13. The highest BCUT2D eigenvalue weighted by molar-refractivity contribution is 5.06. The van der Waals surface area contributed by atoms with Crippen LogP contribution in [0.1, 0.15) is 26.7 Å². The number of hydrogen-bond donors (Lipinski definition) is 0. The number of likely N-dealkylation sites (N-methyl/N-ethyl adjacent to an activating group) is 1. The van der Waals surface area contributed by atoms with Crippen LogP contribution in [-0.4, -0.2) is 49.1 Å². The maximum atomic E-state index is 14.4. The summed E-state index contributed by atoms with van der Waals surface area (Å²) in [6.45, 7) is 8.25. The summed E-state index contributed by atoms with van der Waals surface area (Å²) in [5.74, 6) is 0.589. The number of rotatable bonds is 2. The maximum absolute atomic E-state index is 14.4. The predicted molar refractivity (Wildman–Crippen MR) is 78.8 cm³/mol. The summed E-state index contributed by atoms with van der Waals surface area (Å²) in [6, 6.07) is 0.501. The fourth-order valence-electron chi connectivity index (χ4n) is 3.16. The Bertz CT molecular complexity index is 349. The molecule has 108 valence electrons. The molecule has 0 saturated heterocycles. The van der Waals surface area contributed by atoms with Crippen LogP contribution in [0.2, 0.25) is 0 Å². The Morgan fingerprint density at radius 2 is 2.05 bits per heavy atom. The van der Waals surface area contributed by atoms with Crippen LogP contribution in [0.5, 0.6) is 0 Å². The first kappa shape index (κ1) is 14.7. The lowest BCUT2D eigenvalue weighted by Crippen LogP contribution is -2.39. The van der Waals surface area contributed by atoms with Crippen molar-refractivity contribution in [2.75, 3.05) is 33.2 Å². The van der Waals surface area contributed by atoms with E-state index < -0.39 is 0 Å². The van der Waals surface area contributed by atoms with Crippen LogP contribution >= 0.6 is 0 Å². The first-order valence-corrected chi connectivity index (χ1v) is 7.51. The molecule has 2 rings (SSSR count). The summed E-state index contributed by atoms with van der Waals surface area (Å²) in [4.78, 5) is 4.72. The summed E-state index contributed by atoms with van der Waals surface area (Å²) in [5.41, 5.74) is 0. The summed E-state index contributed by atoms with van der Waals surface area (Å²) in [6.07, 6.45) is 8.10. The highest BCUT2D eigenvalue weighted by Gasteiger charge is 2.30. The molecule has 2 heterocycles.